The van der Waals surface area contributed by atoms with Crippen LogP contribution in [-0.2, 0) is 14.3 Å². The Morgan fingerprint density at radius 3 is 2.38 bits per heavy atom. The maximum atomic E-state index is 12.5. The average molecular weight is 542 g/mol. The summed E-state index contributed by atoms with van der Waals surface area (Å²) in [6.07, 6.45) is 14.5. The maximum absolute atomic E-state index is 12.5. The molecule has 5 nitrogen and oxygen atoms in total. The predicted molar refractivity (Wildman–Crippen MR) is 155 cm³/mol. The van der Waals surface area contributed by atoms with Crippen LogP contribution in [0, 0.1) is 44.8 Å². The fourth-order valence-corrected chi connectivity index (χ4v) is 11.0. The van der Waals surface area contributed by atoms with Crippen molar-refractivity contribution in [3.8, 4) is 0 Å². The number of carboxylic acid groups (broad SMARTS) is 1. The summed E-state index contributed by atoms with van der Waals surface area (Å²) in [5.41, 5.74) is 2.89. The van der Waals surface area contributed by atoms with Crippen LogP contribution in [0.25, 0.3) is 0 Å². The highest BCUT2D eigenvalue weighted by atomic mass is 16.5. The lowest BCUT2D eigenvalue weighted by molar-refractivity contribution is -0.170. The van der Waals surface area contributed by atoms with E-state index in [2.05, 4.69) is 59.9 Å². The number of carboxylic acids is 1. The van der Waals surface area contributed by atoms with Crippen LogP contribution in [0.1, 0.15) is 126 Å². The van der Waals surface area contributed by atoms with Gasteiger partial charge in [0.2, 0.25) is 0 Å². The number of carbonyl (C=O) groups excluding carboxylic acids is 1. The van der Waals surface area contributed by atoms with Crippen molar-refractivity contribution in [2.75, 3.05) is 13.2 Å². The zero-order chi connectivity index (χ0) is 28.5. The summed E-state index contributed by atoms with van der Waals surface area (Å²) in [5, 5.41) is 12.9. The van der Waals surface area contributed by atoms with Crippen molar-refractivity contribution < 1.29 is 19.4 Å². The van der Waals surface area contributed by atoms with E-state index in [9.17, 15) is 9.59 Å². The molecule has 0 amide bonds. The first-order valence-corrected chi connectivity index (χ1v) is 15.9. The van der Waals surface area contributed by atoms with Gasteiger partial charge < -0.3 is 15.2 Å². The summed E-state index contributed by atoms with van der Waals surface area (Å²) in [4.78, 5) is 23.5. The molecular weight excluding hydrogens is 486 g/mol. The molecule has 0 bridgehead atoms. The molecule has 2 N–H and O–H groups in total. The number of allylic oxidation sites excluding steroid dienone is 2. The van der Waals surface area contributed by atoms with Crippen LogP contribution in [-0.4, -0.2) is 35.7 Å². The van der Waals surface area contributed by atoms with Gasteiger partial charge in [-0.25, -0.2) is 0 Å². The highest BCUT2D eigenvalue weighted by molar-refractivity contribution is 5.76. The summed E-state index contributed by atoms with van der Waals surface area (Å²) >= 11 is 0. The van der Waals surface area contributed by atoms with Crippen molar-refractivity contribution in [3.05, 3.63) is 11.6 Å². The number of fused-ring (bicyclic) bond motifs is 7. The summed E-state index contributed by atoms with van der Waals surface area (Å²) in [6, 6.07) is 0. The third-order valence-electron chi connectivity index (χ3n) is 13.5. The Morgan fingerprint density at radius 2 is 1.67 bits per heavy atom. The number of hydrogen-bond donors (Lipinski definition) is 2. The van der Waals surface area contributed by atoms with E-state index in [1.807, 2.05) is 0 Å². The zero-order valence-corrected chi connectivity index (χ0v) is 25.9. The summed E-state index contributed by atoms with van der Waals surface area (Å²) in [7, 11) is 0. The van der Waals surface area contributed by atoms with Gasteiger partial charge in [0, 0.05) is 11.0 Å². The second-order valence-corrected chi connectivity index (χ2v) is 16.4. The molecule has 5 heteroatoms. The second-order valence-electron chi connectivity index (χ2n) is 16.4. The van der Waals surface area contributed by atoms with Crippen LogP contribution in [0.2, 0.25) is 0 Å². The quantitative estimate of drug-likeness (QED) is 0.278. The minimum atomic E-state index is -0.942. The van der Waals surface area contributed by atoms with E-state index in [0.717, 1.165) is 38.6 Å². The second kappa shape index (κ2) is 9.60. The molecule has 4 aliphatic carbocycles. The molecule has 39 heavy (non-hydrogen) atoms. The lowest BCUT2D eigenvalue weighted by Gasteiger charge is -2.70. The number of carbonyl (C=O) groups is 2. The van der Waals surface area contributed by atoms with Gasteiger partial charge in [-0.2, -0.15) is 0 Å². The molecule has 1 heterocycles. The molecule has 0 spiro atoms. The minimum absolute atomic E-state index is 0.0156. The fraction of sp³-hybridized carbons (Fsp3) is 0.882. The van der Waals surface area contributed by atoms with Gasteiger partial charge in [-0.15, -0.1) is 0 Å². The van der Waals surface area contributed by atoms with Crippen molar-refractivity contribution in [1.29, 1.82) is 0 Å². The number of hydrogen-bond acceptors (Lipinski definition) is 4. The van der Waals surface area contributed by atoms with E-state index in [-0.39, 0.29) is 46.0 Å². The van der Waals surface area contributed by atoms with Crippen LogP contribution >= 0.6 is 0 Å². The van der Waals surface area contributed by atoms with Crippen molar-refractivity contribution >= 4 is 11.9 Å². The van der Waals surface area contributed by atoms with Gasteiger partial charge in [-0.1, -0.05) is 46.3 Å². The lowest BCUT2D eigenvalue weighted by Crippen LogP contribution is -2.64. The van der Waals surface area contributed by atoms with Gasteiger partial charge in [-0.05, 0) is 124 Å². The molecule has 0 aromatic heterocycles. The Hall–Kier alpha value is -1.36. The topological polar surface area (TPSA) is 75.6 Å². The van der Waals surface area contributed by atoms with Gasteiger partial charge in [0.1, 0.15) is 0 Å². The number of esters is 1. The Labute approximate surface area is 237 Å². The molecule has 5 aliphatic rings. The lowest BCUT2D eigenvalue weighted by atomic mass is 9.35. The molecule has 220 valence electrons. The van der Waals surface area contributed by atoms with Crippen LogP contribution in [0.15, 0.2) is 11.6 Å². The van der Waals surface area contributed by atoms with Crippen molar-refractivity contribution in [2.24, 2.45) is 44.8 Å². The molecule has 7 atom stereocenters. The first kappa shape index (κ1) is 29.1. The van der Waals surface area contributed by atoms with E-state index in [1.165, 1.54) is 32.1 Å². The zero-order valence-electron chi connectivity index (χ0n) is 25.9. The van der Waals surface area contributed by atoms with Gasteiger partial charge in [0.05, 0.1) is 19.4 Å². The molecule has 0 aromatic carbocycles. The minimum Gasteiger partial charge on any atom is -0.481 e. The van der Waals surface area contributed by atoms with Crippen LogP contribution in [0.3, 0.4) is 0 Å². The third-order valence-corrected chi connectivity index (χ3v) is 13.5. The van der Waals surface area contributed by atoms with E-state index < -0.39 is 5.97 Å². The predicted octanol–water partition coefficient (Wildman–Crippen LogP) is 7.54. The molecule has 5 rings (SSSR count). The SMILES string of the molecule is CC1(C)CC[C@]2(COC(=O)CCC(=O)O)CC[C@]3(C)C(=CC[C@@H]4[C@@]5(C)CCCNC(C)(C)[C@@H]5CC[C@]43C)[C@H]2C1. The smallest absolute Gasteiger partial charge is 0.306 e. The first-order valence-electron chi connectivity index (χ1n) is 15.9. The normalized spacial score (nSPS) is 44.4. The Balaban J connectivity index is 1.48. The van der Waals surface area contributed by atoms with Crippen molar-refractivity contribution in [1.82, 2.24) is 5.32 Å². The van der Waals surface area contributed by atoms with Gasteiger partial charge >= 0.3 is 11.9 Å². The Kier molecular flexibility index (Phi) is 7.17. The molecule has 0 radical (unpaired) electrons. The molecule has 0 unspecified atom stereocenters. The van der Waals surface area contributed by atoms with Gasteiger partial charge in [0.15, 0.2) is 0 Å². The molecule has 0 aromatic rings. The number of nitrogens with one attached hydrogen (secondary N) is 1. The summed E-state index contributed by atoms with van der Waals surface area (Å²) in [5.74, 6) is 0.523. The largest absolute Gasteiger partial charge is 0.481 e. The highest BCUT2D eigenvalue weighted by Gasteiger charge is 2.67. The third kappa shape index (κ3) is 4.61. The summed E-state index contributed by atoms with van der Waals surface area (Å²) in [6.45, 7) is 19.2. The van der Waals surface area contributed by atoms with Crippen LogP contribution in [0.4, 0.5) is 0 Å². The van der Waals surface area contributed by atoms with Crippen LogP contribution < -0.4 is 5.32 Å². The average Bonchev–Trinajstić information content (AvgIpc) is 2.96. The van der Waals surface area contributed by atoms with Gasteiger partial charge in [-0.3, -0.25) is 9.59 Å². The van der Waals surface area contributed by atoms with Crippen LogP contribution in [0.5, 0.6) is 0 Å². The fourth-order valence-electron chi connectivity index (χ4n) is 11.0. The number of ether oxygens (including phenoxy) is 1. The number of aliphatic carboxylic acids is 1. The van der Waals surface area contributed by atoms with Gasteiger partial charge in [0.25, 0.3) is 0 Å². The van der Waals surface area contributed by atoms with Crippen molar-refractivity contribution in [3.63, 3.8) is 0 Å². The number of rotatable bonds is 5. The highest BCUT2D eigenvalue weighted by Crippen LogP contribution is 2.74. The van der Waals surface area contributed by atoms with E-state index >= 15 is 0 Å². The molecular formula is C34H55NO4. The standard InChI is InChI=1S/C34H55NO4/c1-29(2)16-18-34(22-39-28(38)12-11-27(36)37)19-17-32(6)23(24(34)21-29)9-10-26-31(5)14-8-20-35-30(3,4)25(31)13-15-33(26,32)7/h9,24-26,35H,8,10-22H2,1-7H3,(H,36,37)/t24-,25+,26-,31+,32-,33-,34-/m1/s1. The molecule has 4 fully saturated rings. The Bertz CT molecular complexity index is 1030. The van der Waals surface area contributed by atoms with E-state index in [1.54, 1.807) is 5.57 Å². The molecule has 3 saturated carbocycles. The molecule has 1 aliphatic heterocycles. The Morgan fingerprint density at radius 1 is 0.949 bits per heavy atom. The monoisotopic (exact) mass is 541 g/mol. The van der Waals surface area contributed by atoms with Crippen molar-refractivity contribution in [2.45, 2.75) is 131 Å². The molecule has 1 saturated heterocycles. The van der Waals surface area contributed by atoms with E-state index in [4.69, 9.17) is 9.84 Å². The first-order chi connectivity index (χ1) is 18.1. The van der Waals surface area contributed by atoms with E-state index in [0.29, 0.717) is 29.8 Å². The maximum Gasteiger partial charge on any atom is 0.306 e. The summed E-state index contributed by atoms with van der Waals surface area (Å²) < 4.78 is 5.89.